The molecule has 0 spiro atoms. The average Bonchev–Trinajstić information content (AvgIpc) is 2.74. The first-order chi connectivity index (χ1) is 14.7. The minimum absolute atomic E-state index is 0.0549. The van der Waals surface area contributed by atoms with Gasteiger partial charge in [-0.2, -0.15) is 4.31 Å². The maximum absolute atomic E-state index is 14.4. The molecule has 8 heteroatoms. The lowest BCUT2D eigenvalue weighted by atomic mass is 10.0. The molecule has 0 N–H and O–H groups in total. The summed E-state index contributed by atoms with van der Waals surface area (Å²) in [6.45, 7) is 4.57. The molecule has 0 bridgehead atoms. The molecule has 1 atom stereocenters. The molecular weight excluding hydrogens is 419 g/mol. The summed E-state index contributed by atoms with van der Waals surface area (Å²) in [5.74, 6) is -0.579. The van der Waals surface area contributed by atoms with Gasteiger partial charge in [0.15, 0.2) is 0 Å². The number of hydrogen-bond donors (Lipinski definition) is 0. The highest BCUT2D eigenvalue weighted by molar-refractivity contribution is 7.89. The quantitative estimate of drug-likeness (QED) is 0.717. The number of para-hydroxylation sites is 1. The number of hydrogen-bond acceptors (Lipinski definition) is 4. The van der Waals surface area contributed by atoms with Gasteiger partial charge in [0.2, 0.25) is 10.0 Å². The average molecular weight is 449 g/mol. The first-order valence-corrected chi connectivity index (χ1v) is 11.9. The van der Waals surface area contributed by atoms with E-state index in [-0.39, 0.29) is 29.9 Å². The van der Waals surface area contributed by atoms with Gasteiger partial charge >= 0.3 is 0 Å². The van der Waals surface area contributed by atoms with E-state index < -0.39 is 21.9 Å². The van der Waals surface area contributed by atoms with Gasteiger partial charge in [-0.3, -0.25) is 4.79 Å². The van der Waals surface area contributed by atoms with Crippen LogP contribution in [0.4, 0.5) is 4.39 Å². The van der Waals surface area contributed by atoms with Gasteiger partial charge < -0.3 is 9.64 Å². The molecule has 31 heavy (non-hydrogen) atoms. The largest absolute Gasteiger partial charge is 0.491 e. The Morgan fingerprint density at radius 2 is 1.68 bits per heavy atom. The van der Waals surface area contributed by atoms with Crippen LogP contribution in [0.1, 0.15) is 37.0 Å². The molecule has 1 aliphatic rings. The number of rotatable bonds is 3. The van der Waals surface area contributed by atoms with Gasteiger partial charge in [0, 0.05) is 20.1 Å². The highest BCUT2D eigenvalue weighted by Gasteiger charge is 2.35. The molecule has 0 aliphatic carbocycles. The molecule has 1 amide bonds. The zero-order valence-corrected chi connectivity index (χ0v) is 18.9. The number of nitrogens with zero attached hydrogens (tertiary/aromatic N) is 2. The Bertz CT molecular complexity index is 1030. The number of benzene rings is 2. The summed E-state index contributed by atoms with van der Waals surface area (Å²) < 4.78 is 48.7. The lowest BCUT2D eigenvalue weighted by Gasteiger charge is -2.34. The molecule has 2 aromatic carbocycles. The summed E-state index contributed by atoms with van der Waals surface area (Å²) in [4.78, 5) is 14.1. The monoisotopic (exact) mass is 448 g/mol. The number of sulfonamides is 1. The van der Waals surface area contributed by atoms with Crippen LogP contribution in [0.15, 0.2) is 53.4 Å². The number of carbonyl (C=O) groups excluding carboxylic acids is 1. The Morgan fingerprint density at radius 3 is 2.39 bits per heavy atom. The SMILES string of the molecule is CC(C)[C@H]1COc2ccccc2C(=O)N(C)CCCCN1S(=O)(=O)c1ccccc1F. The fourth-order valence-electron chi connectivity index (χ4n) is 3.72. The zero-order chi connectivity index (χ0) is 22.6. The smallest absolute Gasteiger partial charge is 0.257 e. The van der Waals surface area contributed by atoms with Crippen molar-refractivity contribution in [1.82, 2.24) is 9.21 Å². The van der Waals surface area contributed by atoms with Gasteiger partial charge in [-0.25, -0.2) is 12.8 Å². The molecular formula is C23H29FN2O4S. The van der Waals surface area contributed by atoms with Crippen LogP contribution in [0, 0.1) is 11.7 Å². The summed E-state index contributed by atoms with van der Waals surface area (Å²) in [5.41, 5.74) is 0.441. The van der Waals surface area contributed by atoms with E-state index >= 15 is 0 Å². The van der Waals surface area contributed by atoms with Crippen LogP contribution in [-0.2, 0) is 10.0 Å². The molecule has 0 fully saturated rings. The standard InChI is InChI=1S/C23H29FN2O4S/c1-17(2)20-16-30-21-12-6-4-10-18(21)23(27)25(3)14-8-9-15-26(20)31(28,29)22-13-7-5-11-19(22)24/h4-7,10-13,17,20H,8-9,14-16H2,1-3H3/t20-/m1/s1. The summed E-state index contributed by atoms with van der Waals surface area (Å²) >= 11 is 0. The van der Waals surface area contributed by atoms with E-state index in [0.717, 1.165) is 6.07 Å². The van der Waals surface area contributed by atoms with Crippen molar-refractivity contribution in [3.05, 3.63) is 59.9 Å². The molecule has 6 nitrogen and oxygen atoms in total. The van der Waals surface area contributed by atoms with Gasteiger partial charge in [0.25, 0.3) is 5.91 Å². The predicted molar refractivity (Wildman–Crippen MR) is 117 cm³/mol. The van der Waals surface area contributed by atoms with Crippen molar-refractivity contribution < 1.29 is 22.3 Å². The topological polar surface area (TPSA) is 66.9 Å². The molecule has 3 rings (SSSR count). The van der Waals surface area contributed by atoms with Gasteiger partial charge in [0.05, 0.1) is 11.6 Å². The second kappa shape index (κ2) is 9.78. The second-order valence-corrected chi connectivity index (χ2v) is 9.96. The van der Waals surface area contributed by atoms with Crippen LogP contribution in [0.2, 0.25) is 0 Å². The summed E-state index contributed by atoms with van der Waals surface area (Å²) in [6.07, 6.45) is 1.16. The minimum atomic E-state index is -4.08. The molecule has 0 saturated heterocycles. The minimum Gasteiger partial charge on any atom is -0.491 e. The van der Waals surface area contributed by atoms with Crippen LogP contribution in [-0.4, -0.2) is 56.3 Å². The third-order valence-electron chi connectivity index (χ3n) is 5.56. The number of ether oxygens (including phenoxy) is 1. The Hall–Kier alpha value is -2.45. The molecule has 168 valence electrons. The van der Waals surface area contributed by atoms with E-state index in [0.29, 0.717) is 30.7 Å². The first-order valence-electron chi connectivity index (χ1n) is 10.5. The number of amides is 1. The van der Waals surface area contributed by atoms with Crippen LogP contribution in [0.5, 0.6) is 5.75 Å². The maximum Gasteiger partial charge on any atom is 0.257 e. The lowest BCUT2D eigenvalue weighted by Crippen LogP contribution is -2.47. The van der Waals surface area contributed by atoms with E-state index in [2.05, 4.69) is 0 Å². The number of carbonyl (C=O) groups is 1. The van der Waals surface area contributed by atoms with E-state index in [1.165, 1.54) is 22.5 Å². The van der Waals surface area contributed by atoms with E-state index in [9.17, 15) is 17.6 Å². The van der Waals surface area contributed by atoms with Crippen LogP contribution < -0.4 is 4.74 Å². The zero-order valence-electron chi connectivity index (χ0n) is 18.1. The first kappa shape index (κ1) is 23.2. The van der Waals surface area contributed by atoms with Gasteiger partial charge in [-0.15, -0.1) is 0 Å². The van der Waals surface area contributed by atoms with E-state index in [4.69, 9.17) is 4.74 Å². The fourth-order valence-corrected chi connectivity index (χ4v) is 5.57. The molecule has 1 aliphatic heterocycles. The highest BCUT2D eigenvalue weighted by atomic mass is 32.2. The third-order valence-corrected chi connectivity index (χ3v) is 7.52. The molecule has 0 saturated carbocycles. The van der Waals surface area contributed by atoms with Gasteiger partial charge in [-0.1, -0.05) is 38.1 Å². The van der Waals surface area contributed by atoms with Gasteiger partial charge in [-0.05, 0) is 43.0 Å². The number of halogens is 1. The third kappa shape index (κ3) is 5.07. The molecule has 0 unspecified atom stereocenters. The van der Waals surface area contributed by atoms with Crippen LogP contribution in [0.3, 0.4) is 0 Å². The van der Waals surface area contributed by atoms with Crippen molar-refractivity contribution >= 4 is 15.9 Å². The maximum atomic E-state index is 14.4. The Morgan fingerprint density at radius 1 is 1.03 bits per heavy atom. The fraction of sp³-hybridized carbons (Fsp3) is 0.435. The van der Waals surface area contributed by atoms with E-state index in [1.54, 1.807) is 36.2 Å². The second-order valence-electron chi connectivity index (χ2n) is 8.10. The molecule has 0 radical (unpaired) electrons. The van der Waals surface area contributed by atoms with E-state index in [1.807, 2.05) is 13.8 Å². The normalized spacial score (nSPS) is 19.3. The lowest BCUT2D eigenvalue weighted by molar-refractivity contribution is 0.0778. The summed E-state index contributed by atoms with van der Waals surface area (Å²) in [5, 5.41) is 0. The molecule has 2 aromatic rings. The van der Waals surface area contributed by atoms with Crippen molar-refractivity contribution in [2.75, 3.05) is 26.7 Å². The Balaban J connectivity index is 2.02. The molecule has 0 aromatic heterocycles. The molecule has 1 heterocycles. The van der Waals surface area contributed by atoms with Crippen molar-refractivity contribution in [1.29, 1.82) is 0 Å². The summed E-state index contributed by atoms with van der Waals surface area (Å²) in [7, 11) is -2.36. The van der Waals surface area contributed by atoms with Crippen molar-refractivity contribution in [3.8, 4) is 5.75 Å². The van der Waals surface area contributed by atoms with Crippen LogP contribution >= 0.6 is 0 Å². The summed E-state index contributed by atoms with van der Waals surface area (Å²) in [6, 6.07) is 11.9. The van der Waals surface area contributed by atoms with Crippen LogP contribution in [0.25, 0.3) is 0 Å². The Kier molecular flexibility index (Phi) is 7.33. The van der Waals surface area contributed by atoms with Crippen molar-refractivity contribution in [2.45, 2.75) is 37.6 Å². The van der Waals surface area contributed by atoms with Crippen molar-refractivity contribution in [3.63, 3.8) is 0 Å². The van der Waals surface area contributed by atoms with Gasteiger partial charge in [0.1, 0.15) is 23.1 Å². The highest BCUT2D eigenvalue weighted by Crippen LogP contribution is 2.27. The Labute approximate surface area is 183 Å². The predicted octanol–water partition coefficient (Wildman–Crippen LogP) is 3.79. The van der Waals surface area contributed by atoms with Crippen molar-refractivity contribution in [2.24, 2.45) is 5.92 Å². The number of fused-ring (bicyclic) bond motifs is 1.